The van der Waals surface area contributed by atoms with Gasteiger partial charge in [0.25, 0.3) is 0 Å². The molecule has 1 aliphatic heterocycles. The summed E-state index contributed by atoms with van der Waals surface area (Å²) in [6.45, 7) is 4.95. The van der Waals surface area contributed by atoms with Crippen LogP contribution in [0.25, 0.3) is 0 Å². The summed E-state index contributed by atoms with van der Waals surface area (Å²) in [5.74, 6) is -0.192. The zero-order valence-electron chi connectivity index (χ0n) is 11.1. The molecule has 1 amide bonds. The van der Waals surface area contributed by atoms with E-state index in [9.17, 15) is 4.79 Å². The van der Waals surface area contributed by atoms with Gasteiger partial charge in [0.2, 0.25) is 5.91 Å². The highest BCUT2D eigenvalue weighted by Gasteiger charge is 2.33. The molecule has 2 rings (SSSR count). The smallest absolute Gasteiger partial charge is 0.233 e. The molecule has 1 aromatic carbocycles. The van der Waals surface area contributed by atoms with Crippen molar-refractivity contribution in [2.75, 3.05) is 25.2 Å². The van der Waals surface area contributed by atoms with Gasteiger partial charge in [0, 0.05) is 18.8 Å². The van der Waals surface area contributed by atoms with Crippen LogP contribution in [0.4, 0.5) is 5.69 Å². The molecule has 1 saturated heterocycles. The maximum Gasteiger partial charge on any atom is 0.233 e. The van der Waals surface area contributed by atoms with Gasteiger partial charge in [-0.1, -0.05) is 17.7 Å². The van der Waals surface area contributed by atoms with Gasteiger partial charge in [-0.25, -0.2) is 0 Å². The van der Waals surface area contributed by atoms with Gasteiger partial charge in [-0.15, -0.1) is 0 Å². The number of aryl methyl sites for hydroxylation is 2. The topological polar surface area (TPSA) is 55.6 Å². The number of carbonyl (C=O) groups is 1. The maximum atomic E-state index is 12.4. The van der Waals surface area contributed by atoms with Gasteiger partial charge in [0.05, 0.1) is 19.1 Å². The first-order chi connectivity index (χ1) is 8.50. The van der Waals surface area contributed by atoms with Crippen molar-refractivity contribution in [2.24, 2.45) is 11.7 Å². The van der Waals surface area contributed by atoms with E-state index in [1.807, 2.05) is 26.0 Å². The SMILES string of the molecule is Cc1ccc(N(C)C(=O)C2COCC2N)c(C)c1. The molecule has 2 atom stereocenters. The van der Waals surface area contributed by atoms with Crippen LogP contribution in [0.1, 0.15) is 11.1 Å². The molecule has 0 bridgehead atoms. The average Bonchev–Trinajstić information content (AvgIpc) is 2.74. The molecule has 0 aromatic heterocycles. The summed E-state index contributed by atoms with van der Waals surface area (Å²) >= 11 is 0. The Morgan fingerprint density at radius 1 is 1.39 bits per heavy atom. The van der Waals surface area contributed by atoms with E-state index in [4.69, 9.17) is 10.5 Å². The van der Waals surface area contributed by atoms with E-state index in [1.165, 1.54) is 5.56 Å². The number of amides is 1. The fourth-order valence-corrected chi connectivity index (χ4v) is 2.37. The van der Waals surface area contributed by atoms with Crippen molar-refractivity contribution in [3.8, 4) is 0 Å². The van der Waals surface area contributed by atoms with Crippen molar-refractivity contribution >= 4 is 11.6 Å². The monoisotopic (exact) mass is 248 g/mol. The third-order valence-corrected chi connectivity index (χ3v) is 3.49. The fraction of sp³-hybridized carbons (Fsp3) is 0.500. The van der Waals surface area contributed by atoms with Crippen LogP contribution in [0.5, 0.6) is 0 Å². The van der Waals surface area contributed by atoms with Crippen molar-refractivity contribution in [3.05, 3.63) is 29.3 Å². The highest BCUT2D eigenvalue weighted by atomic mass is 16.5. The Morgan fingerprint density at radius 3 is 2.67 bits per heavy atom. The van der Waals surface area contributed by atoms with Crippen LogP contribution in [0.15, 0.2) is 18.2 Å². The molecule has 4 heteroatoms. The second kappa shape index (κ2) is 5.08. The first-order valence-electron chi connectivity index (χ1n) is 6.19. The molecule has 2 unspecified atom stereocenters. The van der Waals surface area contributed by atoms with E-state index in [2.05, 4.69) is 6.07 Å². The Balaban J connectivity index is 2.20. The first kappa shape index (κ1) is 13.1. The Kier molecular flexibility index (Phi) is 3.68. The molecular formula is C14H20N2O2. The lowest BCUT2D eigenvalue weighted by atomic mass is 10.0. The van der Waals surface area contributed by atoms with Crippen LogP contribution in [-0.4, -0.2) is 32.2 Å². The summed E-state index contributed by atoms with van der Waals surface area (Å²) in [6, 6.07) is 5.87. The molecule has 18 heavy (non-hydrogen) atoms. The summed E-state index contributed by atoms with van der Waals surface area (Å²) in [7, 11) is 1.80. The van der Waals surface area contributed by atoms with Gasteiger partial charge >= 0.3 is 0 Å². The molecule has 0 radical (unpaired) electrons. The molecule has 4 nitrogen and oxygen atoms in total. The molecule has 0 spiro atoms. The van der Waals surface area contributed by atoms with E-state index >= 15 is 0 Å². The number of hydrogen-bond donors (Lipinski definition) is 1. The minimum atomic E-state index is -0.226. The molecule has 1 fully saturated rings. The number of hydrogen-bond acceptors (Lipinski definition) is 3. The molecule has 1 aliphatic rings. The minimum absolute atomic E-state index is 0.0342. The van der Waals surface area contributed by atoms with Gasteiger partial charge < -0.3 is 15.4 Å². The summed E-state index contributed by atoms with van der Waals surface area (Å²) in [4.78, 5) is 14.0. The van der Waals surface area contributed by atoms with Gasteiger partial charge in [0.1, 0.15) is 0 Å². The van der Waals surface area contributed by atoms with E-state index in [0.29, 0.717) is 13.2 Å². The van der Waals surface area contributed by atoms with E-state index in [-0.39, 0.29) is 17.9 Å². The zero-order chi connectivity index (χ0) is 13.3. The molecule has 1 heterocycles. The van der Waals surface area contributed by atoms with Gasteiger partial charge in [-0.05, 0) is 25.5 Å². The van der Waals surface area contributed by atoms with E-state index in [0.717, 1.165) is 11.3 Å². The lowest BCUT2D eigenvalue weighted by Gasteiger charge is -2.24. The van der Waals surface area contributed by atoms with E-state index in [1.54, 1.807) is 11.9 Å². The van der Waals surface area contributed by atoms with Crippen molar-refractivity contribution < 1.29 is 9.53 Å². The zero-order valence-corrected chi connectivity index (χ0v) is 11.1. The van der Waals surface area contributed by atoms with Crippen LogP contribution in [0.2, 0.25) is 0 Å². The van der Waals surface area contributed by atoms with Crippen LogP contribution in [-0.2, 0) is 9.53 Å². The second-order valence-electron chi connectivity index (χ2n) is 5.00. The van der Waals surface area contributed by atoms with Crippen LogP contribution >= 0.6 is 0 Å². The Labute approximate surface area is 108 Å². The lowest BCUT2D eigenvalue weighted by molar-refractivity contribution is -0.122. The van der Waals surface area contributed by atoms with Crippen molar-refractivity contribution in [1.29, 1.82) is 0 Å². The highest BCUT2D eigenvalue weighted by molar-refractivity contribution is 5.95. The summed E-state index contributed by atoms with van der Waals surface area (Å²) in [5, 5.41) is 0. The number of nitrogens with zero attached hydrogens (tertiary/aromatic N) is 1. The molecular weight excluding hydrogens is 228 g/mol. The predicted molar refractivity (Wildman–Crippen MR) is 71.6 cm³/mol. The molecule has 98 valence electrons. The van der Waals surface area contributed by atoms with Crippen LogP contribution < -0.4 is 10.6 Å². The molecule has 0 aliphatic carbocycles. The van der Waals surface area contributed by atoms with Crippen molar-refractivity contribution in [3.63, 3.8) is 0 Å². The lowest BCUT2D eigenvalue weighted by Crippen LogP contribution is -2.42. The number of nitrogens with two attached hydrogens (primary N) is 1. The third-order valence-electron chi connectivity index (χ3n) is 3.49. The Morgan fingerprint density at radius 2 is 2.11 bits per heavy atom. The minimum Gasteiger partial charge on any atom is -0.379 e. The Hall–Kier alpha value is -1.39. The summed E-state index contributed by atoms with van der Waals surface area (Å²) in [5.41, 5.74) is 9.11. The Bertz CT molecular complexity index is 459. The summed E-state index contributed by atoms with van der Waals surface area (Å²) in [6.07, 6.45) is 0. The summed E-state index contributed by atoms with van der Waals surface area (Å²) < 4.78 is 5.25. The largest absolute Gasteiger partial charge is 0.379 e. The number of carbonyl (C=O) groups excluding carboxylic acids is 1. The third kappa shape index (κ3) is 2.40. The standard InChI is InChI=1S/C14H20N2O2/c1-9-4-5-13(10(2)6-9)16(3)14(17)11-7-18-8-12(11)15/h4-6,11-12H,7-8,15H2,1-3H3. The van der Waals surface area contributed by atoms with Gasteiger partial charge in [0.15, 0.2) is 0 Å². The average molecular weight is 248 g/mol. The maximum absolute atomic E-state index is 12.4. The van der Waals surface area contributed by atoms with E-state index < -0.39 is 0 Å². The fourth-order valence-electron chi connectivity index (χ4n) is 2.37. The number of ether oxygens (including phenoxy) is 1. The number of benzene rings is 1. The number of rotatable bonds is 2. The van der Waals surface area contributed by atoms with Crippen molar-refractivity contribution in [2.45, 2.75) is 19.9 Å². The molecule has 1 aromatic rings. The molecule has 2 N–H and O–H groups in total. The quantitative estimate of drug-likeness (QED) is 0.856. The normalized spacial score (nSPS) is 23.1. The van der Waals surface area contributed by atoms with Gasteiger partial charge in [-0.3, -0.25) is 4.79 Å². The van der Waals surface area contributed by atoms with Crippen LogP contribution in [0.3, 0.4) is 0 Å². The molecule has 0 saturated carbocycles. The first-order valence-corrected chi connectivity index (χ1v) is 6.19. The highest BCUT2D eigenvalue weighted by Crippen LogP contribution is 2.23. The second-order valence-corrected chi connectivity index (χ2v) is 5.00. The van der Waals surface area contributed by atoms with Gasteiger partial charge in [-0.2, -0.15) is 0 Å². The number of anilines is 1. The predicted octanol–water partition coefficient (Wildman–Crippen LogP) is 1.24. The van der Waals surface area contributed by atoms with Crippen molar-refractivity contribution in [1.82, 2.24) is 0 Å². The van der Waals surface area contributed by atoms with Crippen LogP contribution in [0, 0.1) is 19.8 Å².